The number of imidazole rings is 1. The number of amides is 1. The Balaban J connectivity index is 1.71. The zero-order chi connectivity index (χ0) is 23.8. The van der Waals surface area contributed by atoms with Gasteiger partial charge in [0.15, 0.2) is 20.7 Å². The van der Waals surface area contributed by atoms with E-state index in [1.807, 2.05) is 0 Å². The molecule has 7 nitrogen and oxygen atoms in total. The van der Waals surface area contributed by atoms with Crippen LogP contribution in [0.1, 0.15) is 28.7 Å². The molecule has 10 heteroatoms. The molecular weight excluding hydrogens is 450 g/mol. The minimum absolute atomic E-state index is 0.0586. The van der Waals surface area contributed by atoms with Crippen molar-refractivity contribution in [3.63, 3.8) is 0 Å². The molecule has 2 heterocycles. The zero-order valence-electron chi connectivity index (χ0n) is 17.8. The van der Waals surface area contributed by atoms with Crippen LogP contribution in [0.2, 0.25) is 0 Å². The van der Waals surface area contributed by atoms with Crippen molar-refractivity contribution in [2.24, 2.45) is 0 Å². The Hall–Kier alpha value is -3.66. The summed E-state index contributed by atoms with van der Waals surface area (Å²) >= 11 is 0. The molecule has 0 unspecified atom stereocenters. The number of halogens is 2. The number of carbonyl (C=O) groups excluding carboxylic acids is 1. The molecule has 0 saturated heterocycles. The molecule has 2 aromatic carbocycles. The van der Waals surface area contributed by atoms with Gasteiger partial charge in [0.2, 0.25) is 0 Å². The lowest BCUT2D eigenvalue weighted by Gasteiger charge is -2.17. The van der Waals surface area contributed by atoms with Gasteiger partial charge in [-0.25, -0.2) is 18.4 Å². The fourth-order valence-electron chi connectivity index (χ4n) is 3.48. The minimum Gasteiger partial charge on any atom is -0.323 e. The summed E-state index contributed by atoms with van der Waals surface area (Å²) < 4.78 is 55.2. The summed E-state index contributed by atoms with van der Waals surface area (Å²) in [5, 5.41) is 2.37. The van der Waals surface area contributed by atoms with E-state index in [1.54, 1.807) is 13.0 Å². The van der Waals surface area contributed by atoms with Gasteiger partial charge in [-0.05, 0) is 37.3 Å². The molecule has 1 amide bonds. The molecule has 1 N–H and O–H groups in total. The van der Waals surface area contributed by atoms with Crippen LogP contribution in [0.3, 0.4) is 0 Å². The van der Waals surface area contributed by atoms with Crippen LogP contribution in [-0.4, -0.2) is 35.1 Å². The Labute approximate surface area is 189 Å². The number of benzene rings is 2. The maximum Gasteiger partial charge on any atom is 0.330 e. The number of aromatic nitrogens is 3. The number of anilines is 1. The van der Waals surface area contributed by atoms with Crippen molar-refractivity contribution < 1.29 is 22.0 Å². The highest BCUT2D eigenvalue weighted by molar-refractivity contribution is 7.90. The Morgan fingerprint density at radius 3 is 2.42 bits per heavy atom. The highest BCUT2D eigenvalue weighted by atomic mass is 32.2. The van der Waals surface area contributed by atoms with Gasteiger partial charge in [0, 0.05) is 23.9 Å². The number of nitrogens with one attached hydrogen (secondary N) is 1. The van der Waals surface area contributed by atoms with Crippen LogP contribution in [0.4, 0.5) is 14.6 Å². The summed E-state index contributed by atoms with van der Waals surface area (Å²) in [7, 11) is -3.54. The average molecular weight is 471 g/mol. The molecule has 0 aliphatic heterocycles. The first kappa shape index (κ1) is 22.5. The number of sulfone groups is 1. The Kier molecular flexibility index (Phi) is 5.71. The number of rotatable bonds is 6. The number of hydrogen-bond acceptors (Lipinski definition) is 5. The molecule has 33 heavy (non-hydrogen) atoms. The molecule has 170 valence electrons. The predicted octanol–water partition coefficient (Wildman–Crippen LogP) is 4.25. The second kappa shape index (κ2) is 8.36. The third-order valence-corrected chi connectivity index (χ3v) is 6.08. The topological polar surface area (TPSA) is 94.0 Å². The highest BCUT2D eigenvalue weighted by Crippen LogP contribution is 2.36. The second-order valence-electron chi connectivity index (χ2n) is 7.41. The molecule has 0 saturated carbocycles. The van der Waals surface area contributed by atoms with Gasteiger partial charge in [-0.3, -0.25) is 4.79 Å². The zero-order valence-corrected chi connectivity index (χ0v) is 18.6. The molecule has 0 atom stereocenters. The van der Waals surface area contributed by atoms with Crippen LogP contribution in [0.5, 0.6) is 0 Å². The standard InChI is InChI=1S/C23H20F2N4O3S/c1-3-29-18-14-15(21(30)28-19-10-7-11-20(27-19)33(2,31)32)12-13-17(18)26-22(29)23(24,25)16-8-5-4-6-9-16/h4-14H,3H2,1-2H3,(H,27,28,30). The van der Waals surface area contributed by atoms with E-state index in [2.05, 4.69) is 15.3 Å². The van der Waals surface area contributed by atoms with Gasteiger partial charge in [-0.2, -0.15) is 8.78 Å². The predicted molar refractivity (Wildman–Crippen MR) is 120 cm³/mol. The van der Waals surface area contributed by atoms with Crippen LogP contribution in [0, 0.1) is 0 Å². The smallest absolute Gasteiger partial charge is 0.323 e. The minimum atomic E-state index is -3.54. The average Bonchev–Trinajstić information content (AvgIpc) is 3.18. The fraction of sp³-hybridized carbons (Fsp3) is 0.174. The number of carbonyl (C=O) groups is 1. The third kappa shape index (κ3) is 4.34. The fourth-order valence-corrected chi connectivity index (χ4v) is 4.07. The molecule has 0 radical (unpaired) electrons. The van der Waals surface area contributed by atoms with Crippen LogP contribution >= 0.6 is 0 Å². The van der Waals surface area contributed by atoms with Crippen LogP contribution in [0.15, 0.2) is 71.8 Å². The van der Waals surface area contributed by atoms with Crippen molar-refractivity contribution in [2.75, 3.05) is 11.6 Å². The number of aryl methyl sites for hydroxylation is 1. The lowest BCUT2D eigenvalue weighted by atomic mass is 10.1. The second-order valence-corrected chi connectivity index (χ2v) is 9.37. The molecule has 0 aliphatic carbocycles. The number of alkyl halides is 2. The Morgan fingerprint density at radius 1 is 1.03 bits per heavy atom. The maximum atomic E-state index is 15.2. The summed E-state index contributed by atoms with van der Waals surface area (Å²) in [5.74, 6) is -4.24. The largest absolute Gasteiger partial charge is 0.330 e. The van der Waals surface area contributed by atoms with E-state index in [-0.39, 0.29) is 28.5 Å². The Bertz CT molecular complexity index is 1450. The number of fused-ring (bicyclic) bond motifs is 1. The van der Waals surface area contributed by atoms with Crippen molar-refractivity contribution in [2.45, 2.75) is 24.4 Å². The first-order valence-electron chi connectivity index (χ1n) is 10.0. The van der Waals surface area contributed by atoms with Crippen molar-refractivity contribution >= 4 is 32.6 Å². The van der Waals surface area contributed by atoms with E-state index in [4.69, 9.17) is 0 Å². The van der Waals surface area contributed by atoms with E-state index < -0.39 is 27.5 Å². The van der Waals surface area contributed by atoms with E-state index >= 15 is 8.78 Å². The van der Waals surface area contributed by atoms with Gasteiger partial charge in [0.1, 0.15) is 5.82 Å². The van der Waals surface area contributed by atoms with Crippen molar-refractivity contribution in [1.29, 1.82) is 0 Å². The van der Waals surface area contributed by atoms with E-state index in [0.29, 0.717) is 11.0 Å². The van der Waals surface area contributed by atoms with Gasteiger partial charge in [-0.1, -0.05) is 36.4 Å². The van der Waals surface area contributed by atoms with E-state index in [9.17, 15) is 13.2 Å². The number of pyridine rings is 1. The van der Waals surface area contributed by atoms with Gasteiger partial charge >= 0.3 is 5.92 Å². The molecule has 4 aromatic rings. The summed E-state index contributed by atoms with van der Waals surface area (Å²) in [4.78, 5) is 20.9. The molecule has 0 spiro atoms. The number of nitrogens with zero attached hydrogens (tertiary/aromatic N) is 3. The highest BCUT2D eigenvalue weighted by Gasteiger charge is 2.39. The molecule has 0 fully saturated rings. The van der Waals surface area contributed by atoms with Gasteiger partial charge in [-0.15, -0.1) is 0 Å². The first-order valence-corrected chi connectivity index (χ1v) is 11.9. The summed E-state index contributed by atoms with van der Waals surface area (Å²) in [6.45, 7) is 1.94. The molecular formula is C23H20F2N4O3S. The van der Waals surface area contributed by atoms with E-state index in [1.165, 1.54) is 65.2 Å². The van der Waals surface area contributed by atoms with Crippen LogP contribution in [0.25, 0.3) is 11.0 Å². The molecule has 0 bridgehead atoms. The van der Waals surface area contributed by atoms with Crippen molar-refractivity contribution in [3.05, 3.63) is 83.7 Å². The molecule has 2 aromatic heterocycles. The van der Waals surface area contributed by atoms with Gasteiger partial charge in [0.05, 0.1) is 11.0 Å². The van der Waals surface area contributed by atoms with Crippen molar-refractivity contribution in [1.82, 2.24) is 14.5 Å². The lowest BCUT2D eigenvalue weighted by Crippen LogP contribution is -2.21. The Morgan fingerprint density at radius 2 is 1.76 bits per heavy atom. The first-order chi connectivity index (χ1) is 15.6. The summed E-state index contributed by atoms with van der Waals surface area (Å²) in [6.07, 6.45) is 1.02. The lowest BCUT2D eigenvalue weighted by molar-refractivity contribution is 0.0296. The van der Waals surface area contributed by atoms with E-state index in [0.717, 1.165) is 6.26 Å². The monoisotopic (exact) mass is 470 g/mol. The van der Waals surface area contributed by atoms with Gasteiger partial charge in [0.25, 0.3) is 5.91 Å². The van der Waals surface area contributed by atoms with Gasteiger partial charge < -0.3 is 9.88 Å². The summed E-state index contributed by atoms with van der Waals surface area (Å²) in [5.41, 5.74) is 0.729. The van der Waals surface area contributed by atoms with Crippen molar-refractivity contribution in [3.8, 4) is 0 Å². The maximum absolute atomic E-state index is 15.2. The quantitative estimate of drug-likeness (QED) is 0.455. The van der Waals surface area contributed by atoms with Crippen LogP contribution in [-0.2, 0) is 22.3 Å². The summed E-state index contributed by atoms with van der Waals surface area (Å²) in [6, 6.07) is 16.1. The SMILES string of the molecule is CCn1c(C(F)(F)c2ccccc2)nc2ccc(C(=O)Nc3cccc(S(C)(=O)=O)n3)cc21. The molecule has 0 aliphatic rings. The van der Waals surface area contributed by atoms with Crippen LogP contribution < -0.4 is 5.32 Å². The normalized spacial score (nSPS) is 12.1. The third-order valence-electron chi connectivity index (χ3n) is 5.09. The number of hydrogen-bond donors (Lipinski definition) is 1. The molecule has 4 rings (SSSR count).